The molecule has 0 aliphatic heterocycles. The Balaban J connectivity index is 2.35. The van der Waals surface area contributed by atoms with Gasteiger partial charge in [-0.05, 0) is 25.0 Å². The van der Waals surface area contributed by atoms with Gasteiger partial charge in [0.15, 0.2) is 5.65 Å². The summed E-state index contributed by atoms with van der Waals surface area (Å²) in [5, 5.41) is 11.4. The second-order valence-corrected chi connectivity index (χ2v) is 4.87. The Labute approximate surface area is 116 Å². The summed E-state index contributed by atoms with van der Waals surface area (Å²) < 4.78 is 26.8. The second kappa shape index (κ2) is 6.11. The van der Waals surface area contributed by atoms with Gasteiger partial charge in [0.25, 0.3) is 6.43 Å². The number of hydrogen-bond donors (Lipinski definition) is 0. The standard InChI is InChI=1S/C13H19F2N5/c1-4-9(3)8-19(5-2)11-7-6-10-16-17-13(12(14)15)20(10)18-11/h6-7,9,12H,4-5,8H2,1-3H3. The normalized spacial score (nSPS) is 13.1. The molecule has 1 atom stereocenters. The van der Waals surface area contributed by atoms with Crippen molar-refractivity contribution in [3.05, 3.63) is 18.0 Å². The molecule has 0 saturated heterocycles. The zero-order valence-corrected chi connectivity index (χ0v) is 11.9. The van der Waals surface area contributed by atoms with Crippen LogP contribution in [0, 0.1) is 5.92 Å². The Morgan fingerprint density at radius 2 is 2.00 bits per heavy atom. The van der Waals surface area contributed by atoms with Crippen LogP contribution < -0.4 is 4.90 Å². The van der Waals surface area contributed by atoms with Gasteiger partial charge in [-0.3, -0.25) is 0 Å². The van der Waals surface area contributed by atoms with Crippen LogP contribution in [0.15, 0.2) is 12.1 Å². The minimum atomic E-state index is -2.68. The molecule has 0 radical (unpaired) electrons. The quantitative estimate of drug-likeness (QED) is 0.817. The number of alkyl halides is 2. The summed E-state index contributed by atoms with van der Waals surface area (Å²) in [6, 6.07) is 3.46. The van der Waals surface area contributed by atoms with Crippen molar-refractivity contribution in [1.29, 1.82) is 0 Å². The lowest BCUT2D eigenvalue weighted by Gasteiger charge is -2.24. The van der Waals surface area contributed by atoms with Crippen molar-refractivity contribution in [3.8, 4) is 0 Å². The van der Waals surface area contributed by atoms with Crippen molar-refractivity contribution in [2.45, 2.75) is 33.6 Å². The van der Waals surface area contributed by atoms with Crippen LogP contribution in [0.2, 0.25) is 0 Å². The van der Waals surface area contributed by atoms with E-state index in [0.29, 0.717) is 17.4 Å². The third kappa shape index (κ3) is 2.86. The maximum absolute atomic E-state index is 12.8. The average molecular weight is 283 g/mol. The molecule has 1 unspecified atom stereocenters. The molecule has 2 aromatic heterocycles. The van der Waals surface area contributed by atoms with Gasteiger partial charge >= 0.3 is 0 Å². The summed E-state index contributed by atoms with van der Waals surface area (Å²) in [4.78, 5) is 2.07. The smallest absolute Gasteiger partial charge is 0.299 e. The topological polar surface area (TPSA) is 46.3 Å². The van der Waals surface area contributed by atoms with Crippen molar-refractivity contribution in [2.75, 3.05) is 18.0 Å². The monoisotopic (exact) mass is 283 g/mol. The fourth-order valence-electron chi connectivity index (χ4n) is 1.99. The minimum absolute atomic E-state index is 0.337. The zero-order chi connectivity index (χ0) is 14.7. The highest BCUT2D eigenvalue weighted by Crippen LogP contribution is 2.19. The van der Waals surface area contributed by atoms with E-state index in [9.17, 15) is 8.78 Å². The summed E-state index contributed by atoms with van der Waals surface area (Å²) in [7, 11) is 0. The lowest BCUT2D eigenvalue weighted by Crippen LogP contribution is -2.29. The molecule has 0 spiro atoms. The van der Waals surface area contributed by atoms with Gasteiger partial charge in [-0.1, -0.05) is 20.3 Å². The molecule has 0 bridgehead atoms. The van der Waals surface area contributed by atoms with Gasteiger partial charge in [0.2, 0.25) is 5.82 Å². The Kier molecular flexibility index (Phi) is 4.46. The molecule has 2 heterocycles. The zero-order valence-electron chi connectivity index (χ0n) is 11.9. The van der Waals surface area contributed by atoms with Crippen LogP contribution in [-0.2, 0) is 0 Å². The molecule has 2 aromatic rings. The lowest BCUT2D eigenvalue weighted by atomic mass is 10.1. The lowest BCUT2D eigenvalue weighted by molar-refractivity contribution is 0.137. The molecule has 0 saturated carbocycles. The molecule has 2 rings (SSSR count). The molecule has 0 aliphatic rings. The first kappa shape index (κ1) is 14.6. The van der Waals surface area contributed by atoms with E-state index in [4.69, 9.17) is 0 Å². The molecule has 0 aromatic carbocycles. The maximum atomic E-state index is 12.8. The molecule has 7 heteroatoms. The molecule has 0 amide bonds. The fourth-order valence-corrected chi connectivity index (χ4v) is 1.99. The molecule has 0 N–H and O–H groups in total. The molecule has 0 fully saturated rings. The van der Waals surface area contributed by atoms with Crippen LogP contribution in [-0.4, -0.2) is 32.9 Å². The van der Waals surface area contributed by atoms with Crippen molar-refractivity contribution in [3.63, 3.8) is 0 Å². The van der Waals surface area contributed by atoms with Crippen LogP contribution in [0.25, 0.3) is 5.65 Å². The number of aromatic nitrogens is 4. The molecule has 20 heavy (non-hydrogen) atoms. The van der Waals surface area contributed by atoms with Crippen molar-refractivity contribution in [2.24, 2.45) is 5.92 Å². The molecule has 5 nitrogen and oxygen atoms in total. The Bertz CT molecular complexity index is 569. The van der Waals surface area contributed by atoms with Crippen LogP contribution in [0.5, 0.6) is 0 Å². The summed E-state index contributed by atoms with van der Waals surface area (Å²) in [5.41, 5.74) is 0.337. The number of fused-ring (bicyclic) bond motifs is 1. The van der Waals surface area contributed by atoms with E-state index < -0.39 is 12.2 Å². The fraction of sp³-hybridized carbons (Fsp3) is 0.615. The van der Waals surface area contributed by atoms with E-state index >= 15 is 0 Å². The van der Waals surface area contributed by atoms with E-state index in [1.165, 1.54) is 0 Å². The highest BCUT2D eigenvalue weighted by Gasteiger charge is 2.18. The van der Waals surface area contributed by atoms with Crippen LogP contribution in [0.1, 0.15) is 39.4 Å². The largest absolute Gasteiger partial charge is 0.355 e. The SMILES string of the molecule is CCC(C)CN(CC)c1ccc2nnc(C(F)F)n2n1. The van der Waals surface area contributed by atoms with Gasteiger partial charge in [-0.2, -0.15) is 4.52 Å². The summed E-state index contributed by atoms with van der Waals surface area (Å²) in [5.74, 6) is 0.770. The van der Waals surface area contributed by atoms with Gasteiger partial charge in [-0.25, -0.2) is 8.78 Å². The summed E-state index contributed by atoms with van der Waals surface area (Å²) in [6.07, 6.45) is -1.62. The first-order chi connectivity index (χ1) is 9.56. The van der Waals surface area contributed by atoms with Crippen LogP contribution in [0.4, 0.5) is 14.6 Å². The number of rotatable bonds is 6. The first-order valence-corrected chi connectivity index (χ1v) is 6.82. The molecular weight excluding hydrogens is 264 g/mol. The van der Waals surface area contributed by atoms with Crippen LogP contribution >= 0.6 is 0 Å². The van der Waals surface area contributed by atoms with Gasteiger partial charge in [0.05, 0.1) is 0 Å². The highest BCUT2D eigenvalue weighted by atomic mass is 19.3. The van der Waals surface area contributed by atoms with Crippen molar-refractivity contribution < 1.29 is 8.78 Å². The van der Waals surface area contributed by atoms with Crippen molar-refractivity contribution >= 4 is 11.5 Å². The predicted octanol–water partition coefficient (Wildman–Crippen LogP) is 2.93. The summed E-state index contributed by atoms with van der Waals surface area (Å²) in [6.45, 7) is 7.93. The minimum Gasteiger partial charge on any atom is -0.355 e. The molecule has 0 aliphatic carbocycles. The second-order valence-electron chi connectivity index (χ2n) is 4.87. The van der Waals surface area contributed by atoms with Crippen molar-refractivity contribution in [1.82, 2.24) is 19.8 Å². The Morgan fingerprint density at radius 3 is 2.60 bits per heavy atom. The molecule has 110 valence electrons. The third-order valence-corrected chi connectivity index (χ3v) is 3.40. The number of halogens is 2. The third-order valence-electron chi connectivity index (χ3n) is 3.40. The number of nitrogens with zero attached hydrogens (tertiary/aromatic N) is 5. The summed E-state index contributed by atoms with van der Waals surface area (Å²) >= 11 is 0. The Morgan fingerprint density at radius 1 is 1.25 bits per heavy atom. The van der Waals surface area contributed by atoms with E-state index in [-0.39, 0.29) is 0 Å². The van der Waals surface area contributed by atoms with Gasteiger partial charge < -0.3 is 4.90 Å². The van der Waals surface area contributed by atoms with Crippen LogP contribution in [0.3, 0.4) is 0 Å². The Hall–Kier alpha value is -1.79. The van der Waals surface area contributed by atoms with E-state index in [1.54, 1.807) is 12.1 Å². The van der Waals surface area contributed by atoms with Gasteiger partial charge in [-0.15, -0.1) is 15.3 Å². The van der Waals surface area contributed by atoms with E-state index in [2.05, 4.69) is 34.0 Å². The first-order valence-electron chi connectivity index (χ1n) is 6.82. The van der Waals surface area contributed by atoms with Gasteiger partial charge in [0.1, 0.15) is 5.82 Å². The number of hydrogen-bond acceptors (Lipinski definition) is 4. The van der Waals surface area contributed by atoms with Gasteiger partial charge in [0, 0.05) is 13.1 Å². The average Bonchev–Trinajstić information content (AvgIpc) is 2.87. The molecular formula is C13H19F2N5. The van der Waals surface area contributed by atoms with E-state index in [1.807, 2.05) is 6.92 Å². The maximum Gasteiger partial charge on any atom is 0.299 e. The predicted molar refractivity (Wildman–Crippen MR) is 73.1 cm³/mol. The highest BCUT2D eigenvalue weighted by molar-refractivity contribution is 5.45. The number of anilines is 1. The van der Waals surface area contributed by atoms with E-state index in [0.717, 1.165) is 24.0 Å².